The average Bonchev–Trinajstić information content (AvgIpc) is 2.25. The highest BCUT2D eigenvalue weighted by molar-refractivity contribution is 8.00. The molecule has 0 radical (unpaired) electrons. The van der Waals surface area contributed by atoms with Crippen molar-refractivity contribution in [3.8, 4) is 6.07 Å². The summed E-state index contributed by atoms with van der Waals surface area (Å²) in [5.41, 5.74) is 1.00. The van der Waals surface area contributed by atoms with Crippen LogP contribution in [-0.4, -0.2) is 16.8 Å². The largest absolute Gasteiger partial charge is 0.481 e. The number of carboxylic acids is 1. The fourth-order valence-corrected chi connectivity index (χ4v) is 2.08. The molecule has 3 nitrogen and oxygen atoms in total. The Morgan fingerprint density at radius 3 is 2.67 bits per heavy atom. The van der Waals surface area contributed by atoms with Gasteiger partial charge in [0.15, 0.2) is 0 Å². The van der Waals surface area contributed by atoms with Crippen molar-refractivity contribution in [1.29, 1.82) is 5.26 Å². The van der Waals surface area contributed by atoms with Crippen molar-refractivity contribution in [3.63, 3.8) is 0 Å². The summed E-state index contributed by atoms with van der Waals surface area (Å²) < 4.78 is 0. The van der Waals surface area contributed by atoms with E-state index >= 15 is 0 Å². The Hall–Kier alpha value is -1.47. The lowest BCUT2D eigenvalue weighted by atomic mass is 10.1. The normalized spacial score (nSPS) is 11.7. The Labute approximate surface area is 92.7 Å². The molecule has 4 heteroatoms. The summed E-state index contributed by atoms with van der Waals surface area (Å²) in [6.45, 7) is 0. The Morgan fingerprint density at radius 1 is 1.47 bits per heavy atom. The summed E-state index contributed by atoms with van der Waals surface area (Å²) in [6.07, 6.45) is 0.335. The number of carbonyl (C=O) groups is 1. The van der Waals surface area contributed by atoms with Gasteiger partial charge in [-0.05, 0) is 5.56 Å². The van der Waals surface area contributed by atoms with Gasteiger partial charge in [-0.25, -0.2) is 0 Å². The van der Waals surface area contributed by atoms with Gasteiger partial charge in [0.1, 0.15) is 0 Å². The predicted molar refractivity (Wildman–Crippen MR) is 59.5 cm³/mol. The lowest BCUT2D eigenvalue weighted by molar-refractivity contribution is -0.133. The van der Waals surface area contributed by atoms with Crippen LogP contribution in [0, 0.1) is 11.3 Å². The monoisotopic (exact) mass is 221 g/mol. The average molecular weight is 221 g/mol. The predicted octanol–water partition coefficient (Wildman–Crippen LogP) is 2.46. The zero-order valence-corrected chi connectivity index (χ0v) is 8.91. The summed E-state index contributed by atoms with van der Waals surface area (Å²) in [5.74, 6) is -0.819. The minimum atomic E-state index is -0.848. The Morgan fingerprint density at radius 2 is 2.13 bits per heavy atom. The van der Waals surface area contributed by atoms with Gasteiger partial charge >= 0.3 is 5.97 Å². The molecule has 0 aliphatic heterocycles. The molecule has 78 valence electrons. The quantitative estimate of drug-likeness (QED) is 0.829. The van der Waals surface area contributed by atoms with Crippen LogP contribution in [0.2, 0.25) is 0 Å². The Kier molecular flexibility index (Phi) is 4.72. The lowest BCUT2D eigenvalue weighted by Gasteiger charge is -2.11. The second-order valence-corrected chi connectivity index (χ2v) is 4.16. The maximum absolute atomic E-state index is 10.4. The molecule has 0 spiro atoms. The molecular formula is C11H11NO2S. The molecule has 0 saturated heterocycles. The van der Waals surface area contributed by atoms with E-state index in [2.05, 4.69) is 6.07 Å². The smallest absolute Gasteiger partial charge is 0.313 e. The Balaban J connectivity index is 2.66. The number of carboxylic acid groups (broad SMARTS) is 1. The second kappa shape index (κ2) is 6.10. The van der Waals surface area contributed by atoms with Crippen molar-refractivity contribution in [2.75, 3.05) is 5.75 Å². The fourth-order valence-electron chi connectivity index (χ4n) is 1.20. The van der Waals surface area contributed by atoms with Crippen LogP contribution in [0.25, 0.3) is 0 Å². The topological polar surface area (TPSA) is 61.1 Å². The summed E-state index contributed by atoms with van der Waals surface area (Å²) in [5, 5.41) is 17.2. The van der Waals surface area contributed by atoms with Gasteiger partial charge in [-0.15, -0.1) is 11.8 Å². The molecule has 0 aromatic heterocycles. The number of hydrogen-bond donors (Lipinski definition) is 1. The minimum Gasteiger partial charge on any atom is -0.481 e. The van der Waals surface area contributed by atoms with E-state index in [1.165, 1.54) is 11.8 Å². The zero-order valence-electron chi connectivity index (χ0n) is 8.09. The van der Waals surface area contributed by atoms with Crippen LogP contribution in [0.5, 0.6) is 0 Å². The summed E-state index contributed by atoms with van der Waals surface area (Å²) >= 11 is 1.29. The lowest BCUT2D eigenvalue weighted by Crippen LogP contribution is -2.02. The molecule has 1 N–H and O–H groups in total. The minimum absolute atomic E-state index is 0.0290. The van der Waals surface area contributed by atoms with Crippen LogP contribution in [0.1, 0.15) is 17.2 Å². The molecule has 0 bridgehead atoms. The van der Waals surface area contributed by atoms with Gasteiger partial charge in [0.2, 0.25) is 0 Å². The van der Waals surface area contributed by atoms with E-state index in [0.29, 0.717) is 6.42 Å². The number of aliphatic carboxylic acids is 1. The van der Waals surface area contributed by atoms with Crippen molar-refractivity contribution in [1.82, 2.24) is 0 Å². The molecule has 0 aliphatic rings. The zero-order chi connectivity index (χ0) is 11.1. The first kappa shape index (κ1) is 11.6. The van der Waals surface area contributed by atoms with E-state index < -0.39 is 5.97 Å². The van der Waals surface area contributed by atoms with Gasteiger partial charge in [-0.1, -0.05) is 30.3 Å². The van der Waals surface area contributed by atoms with Crippen LogP contribution < -0.4 is 0 Å². The Bertz CT molecular complexity index is 359. The first-order valence-electron chi connectivity index (χ1n) is 4.49. The maximum Gasteiger partial charge on any atom is 0.313 e. The van der Waals surface area contributed by atoms with E-state index in [1.807, 2.05) is 30.3 Å². The van der Waals surface area contributed by atoms with Gasteiger partial charge in [-0.3, -0.25) is 4.79 Å². The van der Waals surface area contributed by atoms with Gasteiger partial charge in [0.25, 0.3) is 0 Å². The SMILES string of the molecule is N#CCC(SCC(=O)O)c1ccccc1. The molecule has 0 saturated carbocycles. The van der Waals surface area contributed by atoms with Gasteiger partial charge in [0, 0.05) is 5.25 Å². The number of nitriles is 1. The molecule has 0 fully saturated rings. The molecule has 1 atom stereocenters. The van der Waals surface area contributed by atoms with E-state index in [0.717, 1.165) is 5.56 Å². The third-order valence-corrected chi connectivity index (χ3v) is 3.11. The van der Waals surface area contributed by atoms with Gasteiger partial charge < -0.3 is 5.11 Å². The summed E-state index contributed by atoms with van der Waals surface area (Å²) in [7, 11) is 0. The first-order chi connectivity index (χ1) is 7.24. The molecule has 0 amide bonds. The van der Waals surface area contributed by atoms with E-state index in [4.69, 9.17) is 10.4 Å². The van der Waals surface area contributed by atoms with Crippen LogP contribution >= 0.6 is 11.8 Å². The second-order valence-electron chi connectivity index (χ2n) is 2.97. The standard InChI is InChI=1S/C11H11NO2S/c12-7-6-10(15-8-11(13)14)9-4-2-1-3-5-9/h1-5,10H,6,8H2,(H,13,14). The highest BCUT2D eigenvalue weighted by Crippen LogP contribution is 2.31. The molecule has 0 aliphatic carbocycles. The summed E-state index contributed by atoms with van der Waals surface area (Å²) in [4.78, 5) is 10.4. The number of thioether (sulfide) groups is 1. The number of nitrogens with zero attached hydrogens (tertiary/aromatic N) is 1. The molecule has 1 unspecified atom stereocenters. The van der Waals surface area contributed by atoms with Gasteiger partial charge in [0.05, 0.1) is 18.2 Å². The van der Waals surface area contributed by atoms with Crippen LogP contribution in [0.15, 0.2) is 30.3 Å². The fraction of sp³-hybridized carbons (Fsp3) is 0.273. The molecule has 1 rings (SSSR count). The first-order valence-corrected chi connectivity index (χ1v) is 5.54. The highest BCUT2D eigenvalue weighted by atomic mass is 32.2. The third kappa shape index (κ3) is 4.05. The molecule has 0 heterocycles. The molecular weight excluding hydrogens is 210 g/mol. The summed E-state index contributed by atoms with van der Waals surface area (Å²) in [6, 6.07) is 11.6. The van der Waals surface area contributed by atoms with Crippen LogP contribution in [-0.2, 0) is 4.79 Å². The molecule has 1 aromatic carbocycles. The van der Waals surface area contributed by atoms with Crippen molar-refractivity contribution in [3.05, 3.63) is 35.9 Å². The highest BCUT2D eigenvalue weighted by Gasteiger charge is 2.12. The van der Waals surface area contributed by atoms with E-state index in [1.54, 1.807) is 0 Å². The van der Waals surface area contributed by atoms with Crippen LogP contribution in [0.3, 0.4) is 0 Å². The maximum atomic E-state index is 10.4. The number of rotatable bonds is 5. The number of benzene rings is 1. The van der Waals surface area contributed by atoms with Crippen molar-refractivity contribution in [2.24, 2.45) is 0 Å². The number of hydrogen-bond acceptors (Lipinski definition) is 3. The van der Waals surface area contributed by atoms with Crippen molar-refractivity contribution in [2.45, 2.75) is 11.7 Å². The molecule has 1 aromatic rings. The van der Waals surface area contributed by atoms with Crippen LogP contribution in [0.4, 0.5) is 0 Å². The van der Waals surface area contributed by atoms with Crippen molar-refractivity contribution < 1.29 is 9.90 Å². The molecule has 15 heavy (non-hydrogen) atoms. The third-order valence-electron chi connectivity index (χ3n) is 1.86. The van der Waals surface area contributed by atoms with E-state index in [9.17, 15) is 4.79 Å². The van der Waals surface area contributed by atoms with Gasteiger partial charge in [-0.2, -0.15) is 5.26 Å². The van der Waals surface area contributed by atoms with Crippen molar-refractivity contribution >= 4 is 17.7 Å². The van der Waals surface area contributed by atoms with E-state index in [-0.39, 0.29) is 11.0 Å².